The minimum absolute atomic E-state index is 0.162. The molecule has 0 fully saturated rings. The maximum Gasteiger partial charge on any atom is 0.305 e. The van der Waals surface area contributed by atoms with Crippen LogP contribution in [0.25, 0.3) is 10.9 Å². The lowest BCUT2D eigenvalue weighted by molar-refractivity contribution is 0.0935. The van der Waals surface area contributed by atoms with Crippen molar-refractivity contribution >= 4 is 39.8 Å². The van der Waals surface area contributed by atoms with Gasteiger partial charge in [0.1, 0.15) is 12.0 Å². The average Bonchev–Trinajstić information content (AvgIpc) is 3.24. The molecule has 0 saturated carbocycles. The number of hydrazine groups is 1. The number of carbonyl (C=O) groups excluding carboxylic acids is 1. The minimum Gasteiger partial charge on any atom is -0.459 e. The second-order valence-corrected chi connectivity index (χ2v) is 5.55. The maximum atomic E-state index is 11.9. The number of para-hydroxylation sites is 1. The molecular weight excluding hydrogens is 346 g/mol. The van der Waals surface area contributed by atoms with Gasteiger partial charge in [-0.15, -0.1) is 0 Å². The van der Waals surface area contributed by atoms with E-state index in [2.05, 4.69) is 31.1 Å². The number of hydrogen-bond acceptors (Lipinski definition) is 8. The summed E-state index contributed by atoms with van der Waals surface area (Å²) >= 11 is 0. The number of benzene rings is 1. The molecule has 134 valence electrons. The Hall–Kier alpha value is -4.14. The zero-order valence-electron chi connectivity index (χ0n) is 14.0. The van der Waals surface area contributed by atoms with Crippen molar-refractivity contribution in [2.75, 3.05) is 16.5 Å². The number of nitrogen functional groups attached to an aromatic ring is 1. The number of amides is 1. The van der Waals surface area contributed by atoms with E-state index in [0.29, 0.717) is 5.82 Å². The number of furan rings is 1. The first-order valence-corrected chi connectivity index (χ1v) is 8.03. The molecule has 0 atom stereocenters. The molecule has 0 saturated heterocycles. The van der Waals surface area contributed by atoms with Gasteiger partial charge in [-0.2, -0.15) is 0 Å². The van der Waals surface area contributed by atoms with Gasteiger partial charge in [0.05, 0.1) is 17.5 Å². The third-order valence-electron chi connectivity index (χ3n) is 3.81. The number of carbonyl (C=O) groups is 1. The molecule has 9 nitrogen and oxygen atoms in total. The molecular formula is C18H15N7O2. The maximum absolute atomic E-state index is 11.9. The third-order valence-corrected chi connectivity index (χ3v) is 3.81. The predicted molar refractivity (Wildman–Crippen MR) is 101 cm³/mol. The summed E-state index contributed by atoms with van der Waals surface area (Å²) in [6.07, 6.45) is 4.46. The van der Waals surface area contributed by atoms with Gasteiger partial charge >= 0.3 is 5.91 Å². The lowest BCUT2D eigenvalue weighted by Gasteiger charge is -2.13. The Bertz CT molecular complexity index is 1090. The lowest BCUT2D eigenvalue weighted by Crippen LogP contribution is -2.30. The highest BCUT2D eigenvalue weighted by atomic mass is 16.3. The van der Waals surface area contributed by atoms with Crippen LogP contribution >= 0.6 is 0 Å². The van der Waals surface area contributed by atoms with E-state index in [1.54, 1.807) is 18.3 Å². The number of pyridine rings is 1. The Morgan fingerprint density at radius 2 is 1.85 bits per heavy atom. The summed E-state index contributed by atoms with van der Waals surface area (Å²) < 4.78 is 5.02. The number of nitrogens with one attached hydrogen (secondary N) is 3. The first kappa shape index (κ1) is 16.3. The van der Waals surface area contributed by atoms with E-state index in [4.69, 9.17) is 10.2 Å². The van der Waals surface area contributed by atoms with Crippen molar-refractivity contribution in [2.45, 2.75) is 0 Å². The van der Waals surface area contributed by atoms with Crippen LogP contribution in [-0.2, 0) is 0 Å². The molecule has 4 aromatic rings. The normalized spacial score (nSPS) is 10.5. The Labute approximate surface area is 153 Å². The van der Waals surface area contributed by atoms with Crippen LogP contribution in [0.5, 0.6) is 0 Å². The zero-order valence-corrected chi connectivity index (χ0v) is 14.0. The predicted octanol–water partition coefficient (Wildman–Crippen LogP) is 2.70. The number of nitrogens with two attached hydrogens (primary N) is 1. The standard InChI is InChI=1S/C18H15N7O2/c19-14-16(23-12-6-1-4-11-5-2-8-20-15(11)12)21-10-22-17(14)24-25-18(26)13-7-3-9-27-13/h1-10H,19H2,(H,25,26)(H2,21,22,23,24). The Kier molecular flexibility index (Phi) is 4.24. The molecule has 4 rings (SSSR count). The number of nitrogens with zero attached hydrogens (tertiary/aromatic N) is 3. The van der Waals surface area contributed by atoms with Gasteiger partial charge in [0.2, 0.25) is 0 Å². The molecule has 5 N–H and O–H groups in total. The molecule has 0 aliphatic carbocycles. The van der Waals surface area contributed by atoms with Crippen LogP contribution in [0.1, 0.15) is 10.6 Å². The van der Waals surface area contributed by atoms with E-state index in [1.807, 2.05) is 30.3 Å². The smallest absolute Gasteiger partial charge is 0.305 e. The van der Waals surface area contributed by atoms with Crippen molar-refractivity contribution in [3.05, 3.63) is 67.0 Å². The number of hydrogen-bond donors (Lipinski definition) is 4. The topological polar surface area (TPSA) is 131 Å². The van der Waals surface area contributed by atoms with Gasteiger partial charge in [0.15, 0.2) is 17.4 Å². The molecule has 27 heavy (non-hydrogen) atoms. The molecule has 1 aromatic carbocycles. The monoisotopic (exact) mass is 361 g/mol. The quantitative estimate of drug-likeness (QED) is 0.399. The number of anilines is 4. The fourth-order valence-electron chi connectivity index (χ4n) is 2.51. The Balaban J connectivity index is 1.56. The van der Waals surface area contributed by atoms with Crippen molar-refractivity contribution in [3.8, 4) is 0 Å². The highest BCUT2D eigenvalue weighted by molar-refractivity contribution is 5.94. The molecule has 0 spiro atoms. The van der Waals surface area contributed by atoms with Crippen LogP contribution in [0.2, 0.25) is 0 Å². The van der Waals surface area contributed by atoms with Crippen molar-refractivity contribution in [2.24, 2.45) is 0 Å². The summed E-state index contributed by atoms with van der Waals surface area (Å²) in [5.41, 5.74) is 13.1. The van der Waals surface area contributed by atoms with Crippen molar-refractivity contribution in [1.82, 2.24) is 20.4 Å². The Morgan fingerprint density at radius 3 is 2.70 bits per heavy atom. The fourth-order valence-corrected chi connectivity index (χ4v) is 2.51. The van der Waals surface area contributed by atoms with Gasteiger partial charge in [-0.3, -0.25) is 20.6 Å². The van der Waals surface area contributed by atoms with Gasteiger partial charge in [-0.05, 0) is 24.3 Å². The molecule has 0 aliphatic heterocycles. The second kappa shape index (κ2) is 7.00. The molecule has 0 bridgehead atoms. The summed E-state index contributed by atoms with van der Waals surface area (Å²) in [6.45, 7) is 0. The molecule has 0 radical (unpaired) electrons. The highest BCUT2D eigenvalue weighted by Gasteiger charge is 2.12. The van der Waals surface area contributed by atoms with E-state index in [0.717, 1.165) is 16.6 Å². The molecule has 0 aliphatic rings. The molecule has 0 unspecified atom stereocenters. The first-order valence-electron chi connectivity index (χ1n) is 8.03. The van der Waals surface area contributed by atoms with Gasteiger partial charge in [-0.25, -0.2) is 9.97 Å². The van der Waals surface area contributed by atoms with E-state index in [-0.39, 0.29) is 17.3 Å². The van der Waals surface area contributed by atoms with E-state index in [9.17, 15) is 4.79 Å². The van der Waals surface area contributed by atoms with E-state index >= 15 is 0 Å². The SMILES string of the molecule is Nc1c(NNC(=O)c2ccco2)ncnc1Nc1cccc2cccnc12. The number of rotatable bonds is 5. The minimum atomic E-state index is -0.453. The zero-order chi connectivity index (χ0) is 18.6. The second-order valence-electron chi connectivity index (χ2n) is 5.55. The van der Waals surface area contributed by atoms with Crippen LogP contribution in [0, 0.1) is 0 Å². The van der Waals surface area contributed by atoms with Gasteiger partial charge < -0.3 is 15.5 Å². The lowest BCUT2D eigenvalue weighted by atomic mass is 10.2. The molecule has 1 amide bonds. The van der Waals surface area contributed by atoms with Crippen LogP contribution in [-0.4, -0.2) is 20.9 Å². The van der Waals surface area contributed by atoms with Crippen molar-refractivity contribution < 1.29 is 9.21 Å². The first-order chi connectivity index (χ1) is 13.2. The third kappa shape index (κ3) is 3.33. The van der Waals surface area contributed by atoms with Crippen molar-refractivity contribution in [1.29, 1.82) is 0 Å². The van der Waals surface area contributed by atoms with Crippen LogP contribution in [0.15, 0.2) is 65.7 Å². The number of aromatic nitrogens is 3. The number of fused-ring (bicyclic) bond motifs is 1. The molecule has 3 aromatic heterocycles. The Morgan fingerprint density at radius 1 is 1.00 bits per heavy atom. The summed E-state index contributed by atoms with van der Waals surface area (Å²) in [6, 6.07) is 12.8. The van der Waals surface area contributed by atoms with Gasteiger partial charge in [-0.1, -0.05) is 18.2 Å². The largest absolute Gasteiger partial charge is 0.459 e. The van der Waals surface area contributed by atoms with Crippen LogP contribution < -0.4 is 21.9 Å². The van der Waals surface area contributed by atoms with E-state index in [1.165, 1.54) is 12.6 Å². The van der Waals surface area contributed by atoms with Crippen LogP contribution in [0.4, 0.5) is 23.0 Å². The van der Waals surface area contributed by atoms with Crippen LogP contribution in [0.3, 0.4) is 0 Å². The summed E-state index contributed by atoms with van der Waals surface area (Å²) in [7, 11) is 0. The van der Waals surface area contributed by atoms with E-state index < -0.39 is 5.91 Å². The van der Waals surface area contributed by atoms with Crippen molar-refractivity contribution in [3.63, 3.8) is 0 Å². The average molecular weight is 361 g/mol. The molecule has 9 heteroatoms. The molecule has 3 heterocycles. The highest BCUT2D eigenvalue weighted by Crippen LogP contribution is 2.28. The fraction of sp³-hybridized carbons (Fsp3) is 0. The van der Waals surface area contributed by atoms with Gasteiger partial charge in [0.25, 0.3) is 0 Å². The summed E-state index contributed by atoms with van der Waals surface area (Å²) in [5.74, 6) is 0.347. The summed E-state index contributed by atoms with van der Waals surface area (Å²) in [5, 5.41) is 4.15. The van der Waals surface area contributed by atoms with Gasteiger partial charge in [0, 0.05) is 11.6 Å². The summed E-state index contributed by atoms with van der Waals surface area (Å²) in [4.78, 5) is 24.5.